The maximum absolute atomic E-state index is 2.27. The first-order valence-electron chi connectivity index (χ1n) is 3.35. The lowest BCUT2D eigenvalue weighted by atomic mass is 10.0. The minimum Gasteiger partial charge on any atom is -0.162 e. The first kappa shape index (κ1) is 6.47. The first-order chi connectivity index (χ1) is 3.93. The van der Waals surface area contributed by atoms with E-state index in [-0.39, 0.29) is 0 Å². The van der Waals surface area contributed by atoms with Crippen LogP contribution in [0.2, 0.25) is 0 Å². The molecule has 0 nitrogen and oxygen atoms in total. The quantitative estimate of drug-likeness (QED) is 0.524. The molecule has 1 fully saturated rings. The van der Waals surface area contributed by atoms with E-state index in [9.17, 15) is 0 Å². The van der Waals surface area contributed by atoms with Crippen LogP contribution in [0.3, 0.4) is 0 Å². The summed E-state index contributed by atoms with van der Waals surface area (Å²) >= 11 is 2.09. The summed E-state index contributed by atoms with van der Waals surface area (Å²) < 4.78 is 0. The molecule has 1 heteroatoms. The van der Waals surface area contributed by atoms with Crippen LogP contribution in [-0.2, 0) is 0 Å². The summed E-state index contributed by atoms with van der Waals surface area (Å²) in [5.41, 5.74) is 0. The summed E-state index contributed by atoms with van der Waals surface area (Å²) in [7, 11) is 0. The highest BCUT2D eigenvalue weighted by Crippen LogP contribution is 2.26. The van der Waals surface area contributed by atoms with Gasteiger partial charge in [-0.25, -0.2) is 0 Å². The average Bonchev–Trinajstić information content (AvgIpc) is 1.90. The monoisotopic (exact) mass is 129 g/mol. The van der Waals surface area contributed by atoms with E-state index in [1.54, 1.807) is 5.92 Å². The zero-order valence-electron chi connectivity index (χ0n) is 5.44. The maximum Gasteiger partial charge on any atom is -0.00620 e. The van der Waals surface area contributed by atoms with E-state index in [1.165, 1.54) is 30.8 Å². The molecule has 0 spiro atoms. The second kappa shape index (κ2) is 3.39. The van der Waals surface area contributed by atoms with E-state index >= 15 is 0 Å². The van der Waals surface area contributed by atoms with Crippen LogP contribution in [0.5, 0.6) is 0 Å². The van der Waals surface area contributed by atoms with Crippen molar-refractivity contribution in [3.05, 3.63) is 5.92 Å². The molecule has 0 aromatic rings. The summed E-state index contributed by atoms with van der Waals surface area (Å²) in [6.07, 6.45) is 4.10. The predicted octanol–water partition coefficient (Wildman–Crippen LogP) is 2.50. The van der Waals surface area contributed by atoms with Crippen LogP contribution < -0.4 is 0 Å². The Bertz CT molecular complexity index is 55.4. The lowest BCUT2D eigenvalue weighted by molar-refractivity contribution is 0.734. The Hall–Kier alpha value is 0.350. The van der Waals surface area contributed by atoms with Crippen LogP contribution in [0.1, 0.15) is 26.2 Å². The molecule has 0 N–H and O–H groups in total. The Morgan fingerprint density at radius 1 is 1.38 bits per heavy atom. The molecule has 0 aliphatic carbocycles. The molecular formula is C7H13S. The Morgan fingerprint density at radius 2 is 2.00 bits per heavy atom. The highest BCUT2D eigenvalue weighted by atomic mass is 32.2. The van der Waals surface area contributed by atoms with Crippen LogP contribution in [-0.4, -0.2) is 11.5 Å². The van der Waals surface area contributed by atoms with Gasteiger partial charge in [-0.15, -0.1) is 0 Å². The number of thioether (sulfide) groups is 1. The molecule has 0 amide bonds. The fourth-order valence-corrected chi connectivity index (χ4v) is 2.08. The summed E-state index contributed by atoms with van der Waals surface area (Å²) in [6.45, 7) is 2.27. The third-order valence-electron chi connectivity index (χ3n) is 1.70. The largest absolute Gasteiger partial charge is 0.162 e. The Kier molecular flexibility index (Phi) is 2.74. The molecule has 1 rings (SSSR count). The summed E-state index contributed by atoms with van der Waals surface area (Å²) in [5, 5.41) is 0. The van der Waals surface area contributed by atoms with E-state index in [2.05, 4.69) is 18.7 Å². The molecule has 0 bridgehead atoms. The lowest BCUT2D eigenvalue weighted by Crippen LogP contribution is -2.05. The molecule has 0 saturated carbocycles. The predicted molar refractivity (Wildman–Crippen MR) is 40.1 cm³/mol. The van der Waals surface area contributed by atoms with Gasteiger partial charge in [-0.05, 0) is 36.7 Å². The topological polar surface area (TPSA) is 0 Å². The van der Waals surface area contributed by atoms with Gasteiger partial charge in [0.2, 0.25) is 0 Å². The number of hydrogen-bond acceptors (Lipinski definition) is 1. The van der Waals surface area contributed by atoms with E-state index in [1.807, 2.05) is 0 Å². The van der Waals surface area contributed by atoms with Crippen LogP contribution in [0.25, 0.3) is 0 Å². The summed E-state index contributed by atoms with van der Waals surface area (Å²) in [6, 6.07) is 0. The molecule has 1 aliphatic heterocycles. The highest BCUT2D eigenvalue weighted by molar-refractivity contribution is 7.99. The SMILES string of the molecule is CC[C]1CCSCC1. The van der Waals surface area contributed by atoms with Gasteiger partial charge in [-0.2, -0.15) is 11.8 Å². The highest BCUT2D eigenvalue weighted by Gasteiger charge is 2.10. The molecule has 0 aromatic carbocycles. The van der Waals surface area contributed by atoms with Crippen LogP contribution >= 0.6 is 11.8 Å². The molecule has 8 heavy (non-hydrogen) atoms. The van der Waals surface area contributed by atoms with Crippen molar-refractivity contribution in [3.63, 3.8) is 0 Å². The fraction of sp³-hybridized carbons (Fsp3) is 0.857. The maximum atomic E-state index is 2.27. The normalized spacial score (nSPS) is 23.6. The van der Waals surface area contributed by atoms with E-state index in [0.29, 0.717) is 0 Å². The Morgan fingerprint density at radius 3 is 2.38 bits per heavy atom. The van der Waals surface area contributed by atoms with Gasteiger partial charge < -0.3 is 0 Å². The molecule has 1 saturated heterocycles. The number of rotatable bonds is 1. The lowest BCUT2D eigenvalue weighted by Gasteiger charge is -2.18. The molecule has 1 radical (unpaired) electrons. The standard InChI is InChI=1S/C7H13S/c1-2-7-3-5-8-6-4-7/h2-6H2,1H3. The second-order valence-corrected chi connectivity index (χ2v) is 3.44. The van der Waals surface area contributed by atoms with Crippen molar-refractivity contribution in [1.82, 2.24) is 0 Å². The van der Waals surface area contributed by atoms with Gasteiger partial charge in [-0.3, -0.25) is 0 Å². The molecule has 1 heterocycles. The minimum atomic E-state index is 1.32. The van der Waals surface area contributed by atoms with Crippen molar-refractivity contribution < 1.29 is 0 Å². The van der Waals surface area contributed by atoms with Crippen molar-refractivity contribution in [2.75, 3.05) is 11.5 Å². The zero-order chi connectivity index (χ0) is 5.82. The van der Waals surface area contributed by atoms with Crippen molar-refractivity contribution in [1.29, 1.82) is 0 Å². The average molecular weight is 129 g/mol. The molecule has 0 unspecified atom stereocenters. The second-order valence-electron chi connectivity index (χ2n) is 2.22. The first-order valence-corrected chi connectivity index (χ1v) is 4.50. The smallest absolute Gasteiger partial charge is 0.00620 e. The van der Waals surface area contributed by atoms with Gasteiger partial charge in [0.05, 0.1) is 0 Å². The van der Waals surface area contributed by atoms with Gasteiger partial charge in [-0.1, -0.05) is 6.92 Å². The molecule has 0 atom stereocenters. The van der Waals surface area contributed by atoms with Gasteiger partial charge in [0, 0.05) is 0 Å². The van der Waals surface area contributed by atoms with Gasteiger partial charge >= 0.3 is 0 Å². The minimum absolute atomic E-state index is 1.32. The van der Waals surface area contributed by atoms with Crippen molar-refractivity contribution in [2.45, 2.75) is 26.2 Å². The summed E-state index contributed by atoms with van der Waals surface area (Å²) in [4.78, 5) is 0. The van der Waals surface area contributed by atoms with Crippen molar-refractivity contribution in [2.24, 2.45) is 0 Å². The zero-order valence-corrected chi connectivity index (χ0v) is 6.26. The number of hydrogen-bond donors (Lipinski definition) is 0. The molecule has 47 valence electrons. The molecular weight excluding hydrogens is 116 g/mol. The molecule has 1 aliphatic rings. The molecule has 0 aromatic heterocycles. The van der Waals surface area contributed by atoms with Crippen molar-refractivity contribution >= 4 is 11.8 Å². The van der Waals surface area contributed by atoms with E-state index in [4.69, 9.17) is 0 Å². The van der Waals surface area contributed by atoms with E-state index in [0.717, 1.165) is 0 Å². The van der Waals surface area contributed by atoms with Gasteiger partial charge in [0.15, 0.2) is 0 Å². The third kappa shape index (κ3) is 1.70. The van der Waals surface area contributed by atoms with Gasteiger partial charge in [0.1, 0.15) is 0 Å². The fourth-order valence-electron chi connectivity index (χ4n) is 1.01. The Labute approximate surface area is 56.0 Å². The van der Waals surface area contributed by atoms with E-state index < -0.39 is 0 Å². The van der Waals surface area contributed by atoms with Crippen molar-refractivity contribution in [3.8, 4) is 0 Å². The third-order valence-corrected chi connectivity index (χ3v) is 2.69. The van der Waals surface area contributed by atoms with Crippen LogP contribution in [0.4, 0.5) is 0 Å². The van der Waals surface area contributed by atoms with Gasteiger partial charge in [0.25, 0.3) is 0 Å². The van der Waals surface area contributed by atoms with Crippen LogP contribution in [0.15, 0.2) is 0 Å². The summed E-state index contributed by atoms with van der Waals surface area (Å²) in [5.74, 6) is 4.54. The van der Waals surface area contributed by atoms with Crippen LogP contribution in [0, 0.1) is 5.92 Å². The Balaban J connectivity index is 2.13.